The Hall–Kier alpha value is -2.96. The Morgan fingerprint density at radius 2 is 1.78 bits per heavy atom. The van der Waals surface area contributed by atoms with Crippen LogP contribution in [0.25, 0.3) is 11.3 Å². The summed E-state index contributed by atoms with van der Waals surface area (Å²) in [5, 5.41) is 15.2. The average Bonchev–Trinajstić information content (AvgIpc) is 2.68. The lowest BCUT2D eigenvalue weighted by Gasteiger charge is -2.12. The smallest absolute Gasteiger partial charge is 0.320 e. The maximum atomic E-state index is 13.6. The molecule has 0 saturated heterocycles. The second kappa shape index (κ2) is 8.62. The van der Waals surface area contributed by atoms with E-state index < -0.39 is 6.03 Å². The van der Waals surface area contributed by atoms with Crippen LogP contribution >= 0.6 is 11.6 Å². The third kappa shape index (κ3) is 4.61. The van der Waals surface area contributed by atoms with E-state index in [1.54, 1.807) is 48.5 Å². The van der Waals surface area contributed by atoms with Crippen LogP contribution in [0, 0.1) is 5.82 Å². The summed E-state index contributed by atoms with van der Waals surface area (Å²) in [6, 6.07) is 16.0. The zero-order chi connectivity index (χ0) is 19.2. The Bertz CT molecular complexity index is 965. The fourth-order valence-corrected chi connectivity index (χ4v) is 2.77. The molecule has 2 aromatic carbocycles. The molecule has 0 aliphatic carbocycles. The van der Waals surface area contributed by atoms with Gasteiger partial charge in [-0.2, -0.15) is 0 Å². The Morgan fingerprint density at radius 3 is 2.52 bits per heavy atom. The van der Waals surface area contributed by atoms with Gasteiger partial charge in [0.25, 0.3) is 0 Å². The molecule has 2 amide bonds. The highest BCUT2D eigenvalue weighted by atomic mass is 35.5. The molecular weight excluding hydrogens is 369 g/mol. The van der Waals surface area contributed by atoms with E-state index in [1.807, 2.05) is 6.07 Å². The van der Waals surface area contributed by atoms with Crippen LogP contribution in [0.4, 0.5) is 15.0 Å². The number of pyridine rings is 1. The molecule has 7 heteroatoms. The number of aliphatic hydroxyl groups is 1. The highest BCUT2D eigenvalue weighted by molar-refractivity contribution is 6.33. The van der Waals surface area contributed by atoms with Gasteiger partial charge in [-0.05, 0) is 18.2 Å². The van der Waals surface area contributed by atoms with Gasteiger partial charge in [0.1, 0.15) is 11.6 Å². The Kier molecular flexibility index (Phi) is 6.01. The van der Waals surface area contributed by atoms with Gasteiger partial charge in [0, 0.05) is 28.3 Å². The van der Waals surface area contributed by atoms with E-state index in [9.17, 15) is 14.3 Å². The number of halogens is 2. The Labute approximate surface area is 160 Å². The number of hydrogen-bond donors (Lipinski definition) is 3. The molecular formula is C20H17ClFN3O2. The quantitative estimate of drug-likeness (QED) is 0.611. The second-order valence-corrected chi connectivity index (χ2v) is 6.15. The molecule has 3 rings (SSSR count). The molecule has 0 saturated carbocycles. The topological polar surface area (TPSA) is 74.2 Å². The first-order valence-corrected chi connectivity index (χ1v) is 8.60. The molecule has 3 N–H and O–H groups in total. The number of aromatic nitrogens is 1. The molecule has 138 valence electrons. The predicted molar refractivity (Wildman–Crippen MR) is 103 cm³/mol. The fraction of sp³-hybridized carbons (Fsp3) is 0.100. The minimum atomic E-state index is -0.521. The number of amides is 2. The lowest BCUT2D eigenvalue weighted by atomic mass is 10.1. The number of nitrogens with zero attached hydrogens (tertiary/aromatic N) is 1. The van der Waals surface area contributed by atoms with Crippen LogP contribution in [0.3, 0.4) is 0 Å². The maximum absolute atomic E-state index is 13.6. The van der Waals surface area contributed by atoms with Crippen molar-refractivity contribution in [3.8, 4) is 11.3 Å². The standard InChI is InChI=1S/C20H17ClFN3O2/c21-16-7-3-2-6-15(16)19-14(12-26)9-10-18(24-19)25-20(27)23-11-13-5-1-4-8-17(13)22/h1-10,26H,11-12H2,(H2,23,24,25,27). The number of urea groups is 1. The predicted octanol–water partition coefficient (Wildman–Crippen LogP) is 4.36. The minimum Gasteiger partial charge on any atom is -0.392 e. The van der Waals surface area contributed by atoms with Gasteiger partial charge >= 0.3 is 6.03 Å². The highest BCUT2D eigenvalue weighted by Gasteiger charge is 2.12. The summed E-state index contributed by atoms with van der Waals surface area (Å²) in [5.74, 6) is -0.0996. The Morgan fingerprint density at radius 1 is 1.04 bits per heavy atom. The summed E-state index contributed by atoms with van der Waals surface area (Å²) in [6.45, 7) is -0.169. The zero-order valence-electron chi connectivity index (χ0n) is 14.2. The Balaban J connectivity index is 1.75. The van der Waals surface area contributed by atoms with Crippen molar-refractivity contribution in [2.24, 2.45) is 0 Å². The molecule has 3 aromatic rings. The van der Waals surface area contributed by atoms with Gasteiger partial charge in [0.05, 0.1) is 12.3 Å². The molecule has 0 unspecified atom stereocenters. The number of hydrogen-bond acceptors (Lipinski definition) is 3. The van der Waals surface area contributed by atoms with E-state index in [2.05, 4.69) is 15.6 Å². The molecule has 0 atom stereocenters. The third-order valence-corrected chi connectivity index (χ3v) is 4.25. The van der Waals surface area contributed by atoms with Crippen molar-refractivity contribution >= 4 is 23.4 Å². The van der Waals surface area contributed by atoms with Crippen LogP contribution in [0.5, 0.6) is 0 Å². The van der Waals surface area contributed by atoms with Crippen LogP contribution in [0.1, 0.15) is 11.1 Å². The monoisotopic (exact) mass is 385 g/mol. The summed E-state index contributed by atoms with van der Waals surface area (Å²) in [4.78, 5) is 16.5. The number of benzene rings is 2. The molecule has 5 nitrogen and oxygen atoms in total. The van der Waals surface area contributed by atoms with Crippen molar-refractivity contribution in [2.75, 3.05) is 5.32 Å². The first kappa shape index (κ1) is 18.8. The van der Waals surface area contributed by atoms with E-state index in [-0.39, 0.29) is 24.8 Å². The van der Waals surface area contributed by atoms with Gasteiger partial charge in [-0.25, -0.2) is 14.2 Å². The third-order valence-electron chi connectivity index (χ3n) is 3.92. The molecule has 1 aromatic heterocycles. The number of carbonyl (C=O) groups is 1. The van der Waals surface area contributed by atoms with Crippen LogP contribution in [0.15, 0.2) is 60.7 Å². The summed E-state index contributed by atoms with van der Waals surface area (Å²) in [7, 11) is 0. The molecule has 0 aliphatic rings. The first-order valence-electron chi connectivity index (χ1n) is 8.22. The van der Waals surface area contributed by atoms with Crippen molar-refractivity contribution < 1.29 is 14.3 Å². The van der Waals surface area contributed by atoms with E-state index in [1.165, 1.54) is 6.07 Å². The van der Waals surface area contributed by atoms with Gasteiger partial charge in [0.15, 0.2) is 0 Å². The average molecular weight is 386 g/mol. The van der Waals surface area contributed by atoms with Crippen molar-refractivity contribution in [1.29, 1.82) is 0 Å². The number of carbonyl (C=O) groups excluding carboxylic acids is 1. The number of aliphatic hydroxyl groups excluding tert-OH is 1. The van der Waals surface area contributed by atoms with Crippen molar-refractivity contribution in [2.45, 2.75) is 13.2 Å². The number of anilines is 1. The lowest BCUT2D eigenvalue weighted by Crippen LogP contribution is -2.29. The molecule has 0 fully saturated rings. The van der Waals surface area contributed by atoms with Crippen LogP contribution in [-0.4, -0.2) is 16.1 Å². The van der Waals surface area contributed by atoms with Gasteiger partial charge in [0.2, 0.25) is 0 Å². The minimum absolute atomic E-state index is 0.0462. The van der Waals surface area contributed by atoms with Crippen LogP contribution in [-0.2, 0) is 13.2 Å². The maximum Gasteiger partial charge on any atom is 0.320 e. The van der Waals surface area contributed by atoms with Gasteiger partial charge in [-0.3, -0.25) is 5.32 Å². The molecule has 0 spiro atoms. The van der Waals surface area contributed by atoms with E-state index >= 15 is 0 Å². The summed E-state index contributed by atoms with van der Waals surface area (Å²) >= 11 is 6.22. The van der Waals surface area contributed by atoms with E-state index in [0.717, 1.165) is 0 Å². The molecule has 0 radical (unpaired) electrons. The first-order chi connectivity index (χ1) is 13.1. The van der Waals surface area contributed by atoms with Crippen LogP contribution in [0.2, 0.25) is 5.02 Å². The van der Waals surface area contributed by atoms with Crippen LogP contribution < -0.4 is 10.6 Å². The van der Waals surface area contributed by atoms with Crippen molar-refractivity contribution in [3.63, 3.8) is 0 Å². The van der Waals surface area contributed by atoms with Crippen molar-refractivity contribution in [3.05, 3.63) is 82.6 Å². The fourth-order valence-electron chi connectivity index (χ4n) is 2.55. The SMILES string of the molecule is O=C(NCc1ccccc1F)Nc1ccc(CO)c(-c2ccccc2Cl)n1. The second-order valence-electron chi connectivity index (χ2n) is 5.74. The van der Waals surface area contributed by atoms with Gasteiger partial charge < -0.3 is 10.4 Å². The molecule has 1 heterocycles. The summed E-state index contributed by atoms with van der Waals surface area (Å²) < 4.78 is 13.6. The molecule has 0 aliphatic heterocycles. The van der Waals surface area contributed by atoms with E-state index in [4.69, 9.17) is 11.6 Å². The number of nitrogens with one attached hydrogen (secondary N) is 2. The van der Waals surface area contributed by atoms with Crippen molar-refractivity contribution in [1.82, 2.24) is 10.3 Å². The summed E-state index contributed by atoms with van der Waals surface area (Å²) in [6.07, 6.45) is 0. The molecule has 27 heavy (non-hydrogen) atoms. The number of rotatable bonds is 5. The lowest BCUT2D eigenvalue weighted by molar-refractivity contribution is 0.251. The normalized spacial score (nSPS) is 10.5. The highest BCUT2D eigenvalue weighted by Crippen LogP contribution is 2.30. The van der Waals surface area contributed by atoms with Gasteiger partial charge in [-0.1, -0.05) is 54.1 Å². The van der Waals surface area contributed by atoms with E-state index in [0.29, 0.717) is 27.4 Å². The van der Waals surface area contributed by atoms with Gasteiger partial charge in [-0.15, -0.1) is 0 Å². The largest absolute Gasteiger partial charge is 0.392 e. The molecule has 0 bridgehead atoms. The summed E-state index contributed by atoms with van der Waals surface area (Å²) in [5.41, 5.74) is 2.10. The zero-order valence-corrected chi connectivity index (χ0v) is 15.0.